The molecule has 0 aliphatic carbocycles. The van der Waals surface area contributed by atoms with E-state index < -0.39 is 0 Å². The molecule has 0 spiro atoms. The van der Waals surface area contributed by atoms with Crippen molar-refractivity contribution in [1.82, 2.24) is 4.98 Å². The molecule has 1 aromatic carbocycles. The van der Waals surface area contributed by atoms with Crippen molar-refractivity contribution in [2.24, 2.45) is 0 Å². The maximum atomic E-state index is 12.3. The van der Waals surface area contributed by atoms with Crippen molar-refractivity contribution in [1.29, 1.82) is 0 Å². The molecule has 1 unspecified atom stereocenters. The third-order valence-corrected chi connectivity index (χ3v) is 3.91. The number of carbonyl (C=O) groups excluding carboxylic acids is 1. The maximum absolute atomic E-state index is 12.3. The summed E-state index contributed by atoms with van der Waals surface area (Å²) in [7, 11) is 0. The number of benzene rings is 1. The molecule has 5 nitrogen and oxygen atoms in total. The summed E-state index contributed by atoms with van der Waals surface area (Å²) < 4.78 is 5.57. The van der Waals surface area contributed by atoms with Gasteiger partial charge in [0.1, 0.15) is 0 Å². The molecule has 1 aliphatic rings. The molecule has 0 radical (unpaired) electrons. The van der Waals surface area contributed by atoms with Gasteiger partial charge in [0.2, 0.25) is 0 Å². The highest BCUT2D eigenvalue weighted by Gasteiger charge is 2.15. The van der Waals surface area contributed by atoms with Crippen molar-refractivity contribution >= 4 is 28.9 Å². The second-order valence-electron chi connectivity index (χ2n) is 5.44. The number of pyridine rings is 1. The van der Waals surface area contributed by atoms with Gasteiger partial charge in [-0.25, -0.2) is 0 Å². The molecule has 3 rings (SSSR count). The van der Waals surface area contributed by atoms with Crippen molar-refractivity contribution in [3.63, 3.8) is 0 Å². The maximum Gasteiger partial charge on any atom is 0.257 e. The van der Waals surface area contributed by atoms with Gasteiger partial charge in [0.25, 0.3) is 5.91 Å². The van der Waals surface area contributed by atoms with E-state index in [0.717, 1.165) is 31.7 Å². The van der Waals surface area contributed by atoms with Gasteiger partial charge in [-0.15, -0.1) is 0 Å². The molecule has 1 aromatic heterocycles. The predicted octanol–water partition coefficient (Wildman–Crippen LogP) is 3.58. The van der Waals surface area contributed by atoms with E-state index in [4.69, 9.17) is 16.3 Å². The van der Waals surface area contributed by atoms with Gasteiger partial charge in [-0.1, -0.05) is 11.6 Å². The highest BCUT2D eigenvalue weighted by Crippen LogP contribution is 2.17. The van der Waals surface area contributed by atoms with E-state index in [-0.39, 0.29) is 12.0 Å². The largest absolute Gasteiger partial charge is 0.381 e. The van der Waals surface area contributed by atoms with Crippen molar-refractivity contribution in [2.45, 2.75) is 18.9 Å². The fourth-order valence-electron chi connectivity index (χ4n) is 2.43. The van der Waals surface area contributed by atoms with Gasteiger partial charge in [-0.3, -0.25) is 9.78 Å². The van der Waals surface area contributed by atoms with E-state index in [1.165, 1.54) is 0 Å². The van der Waals surface area contributed by atoms with Crippen LogP contribution in [0.4, 0.5) is 11.4 Å². The lowest BCUT2D eigenvalue weighted by atomic mass is 10.2. The number of nitrogens with zero attached hydrogens (tertiary/aromatic N) is 1. The van der Waals surface area contributed by atoms with Crippen LogP contribution in [0.3, 0.4) is 0 Å². The standard InChI is InChI=1S/C17H18ClN3O2/c18-13-3-5-14(6-4-13)21-17(22)12-8-15(10-19-9-12)20-11-16-2-1-7-23-16/h3-6,8-10,16,20H,1-2,7,11H2,(H,21,22). The van der Waals surface area contributed by atoms with Gasteiger partial charge in [-0.05, 0) is 43.2 Å². The van der Waals surface area contributed by atoms with Crippen LogP contribution in [0.5, 0.6) is 0 Å². The molecular formula is C17H18ClN3O2. The van der Waals surface area contributed by atoms with Gasteiger partial charge < -0.3 is 15.4 Å². The van der Waals surface area contributed by atoms with Gasteiger partial charge in [0, 0.05) is 36.3 Å². The number of hydrogen-bond donors (Lipinski definition) is 2. The normalized spacial score (nSPS) is 17.0. The van der Waals surface area contributed by atoms with Crippen LogP contribution in [0.2, 0.25) is 5.02 Å². The number of anilines is 2. The minimum atomic E-state index is -0.208. The SMILES string of the molecule is O=C(Nc1ccc(Cl)cc1)c1cncc(NCC2CCCO2)c1. The van der Waals surface area contributed by atoms with E-state index >= 15 is 0 Å². The summed E-state index contributed by atoms with van der Waals surface area (Å²) in [6.45, 7) is 1.55. The number of ether oxygens (including phenoxy) is 1. The number of carbonyl (C=O) groups is 1. The van der Waals surface area contributed by atoms with E-state index in [1.807, 2.05) is 0 Å². The quantitative estimate of drug-likeness (QED) is 0.879. The lowest BCUT2D eigenvalue weighted by Gasteiger charge is -2.12. The van der Waals surface area contributed by atoms with E-state index in [9.17, 15) is 4.79 Å². The monoisotopic (exact) mass is 331 g/mol. The zero-order valence-corrected chi connectivity index (χ0v) is 13.3. The molecule has 120 valence electrons. The first-order valence-electron chi connectivity index (χ1n) is 7.58. The highest BCUT2D eigenvalue weighted by atomic mass is 35.5. The van der Waals surface area contributed by atoms with Crippen LogP contribution in [0.25, 0.3) is 0 Å². The van der Waals surface area contributed by atoms with E-state index in [0.29, 0.717) is 16.3 Å². The average molecular weight is 332 g/mol. The Bertz CT molecular complexity index is 670. The molecule has 2 heterocycles. The fraction of sp³-hybridized carbons (Fsp3) is 0.294. The van der Waals surface area contributed by atoms with Crippen molar-refractivity contribution in [3.05, 3.63) is 53.3 Å². The Morgan fingerprint density at radius 3 is 2.83 bits per heavy atom. The summed E-state index contributed by atoms with van der Waals surface area (Å²) in [6, 6.07) is 8.76. The molecule has 0 saturated carbocycles. The van der Waals surface area contributed by atoms with Gasteiger partial charge >= 0.3 is 0 Å². The molecule has 1 saturated heterocycles. The number of halogens is 1. The second kappa shape index (κ2) is 7.44. The first-order valence-corrected chi connectivity index (χ1v) is 7.96. The smallest absolute Gasteiger partial charge is 0.257 e. The van der Waals surface area contributed by atoms with Crippen molar-refractivity contribution < 1.29 is 9.53 Å². The van der Waals surface area contributed by atoms with Crippen LogP contribution in [0.1, 0.15) is 23.2 Å². The molecule has 2 N–H and O–H groups in total. The number of nitrogens with one attached hydrogen (secondary N) is 2. The van der Waals surface area contributed by atoms with Gasteiger partial charge in [-0.2, -0.15) is 0 Å². The van der Waals surface area contributed by atoms with E-state index in [1.54, 1.807) is 42.7 Å². The summed E-state index contributed by atoms with van der Waals surface area (Å²) >= 11 is 5.83. The molecule has 1 atom stereocenters. The zero-order valence-electron chi connectivity index (χ0n) is 12.6. The Labute approximate surface area is 140 Å². The summed E-state index contributed by atoms with van der Waals surface area (Å²) in [5, 5.41) is 6.72. The molecule has 23 heavy (non-hydrogen) atoms. The van der Waals surface area contributed by atoms with Crippen molar-refractivity contribution in [3.8, 4) is 0 Å². The van der Waals surface area contributed by atoms with Crippen LogP contribution in [0.15, 0.2) is 42.7 Å². The van der Waals surface area contributed by atoms with Crippen LogP contribution in [-0.4, -0.2) is 30.1 Å². The summed E-state index contributed by atoms with van der Waals surface area (Å²) in [5.74, 6) is -0.208. The Balaban J connectivity index is 1.61. The summed E-state index contributed by atoms with van der Waals surface area (Å²) in [4.78, 5) is 16.4. The average Bonchev–Trinajstić information content (AvgIpc) is 3.09. The molecule has 0 bridgehead atoms. The predicted molar refractivity (Wildman–Crippen MR) is 91.1 cm³/mol. The third kappa shape index (κ3) is 4.43. The van der Waals surface area contributed by atoms with Crippen molar-refractivity contribution in [2.75, 3.05) is 23.8 Å². The first-order chi connectivity index (χ1) is 11.2. The highest BCUT2D eigenvalue weighted by molar-refractivity contribution is 6.30. The number of amides is 1. The van der Waals surface area contributed by atoms with Gasteiger partial charge in [0.15, 0.2) is 0 Å². The molecule has 2 aromatic rings. The first kappa shape index (κ1) is 15.8. The second-order valence-corrected chi connectivity index (χ2v) is 5.88. The Morgan fingerprint density at radius 1 is 1.26 bits per heavy atom. The Hall–Kier alpha value is -2.11. The van der Waals surface area contributed by atoms with Crippen LogP contribution in [0, 0.1) is 0 Å². The molecule has 1 aliphatic heterocycles. The fourth-order valence-corrected chi connectivity index (χ4v) is 2.56. The topological polar surface area (TPSA) is 63.2 Å². The van der Waals surface area contributed by atoms with Crippen LogP contribution in [-0.2, 0) is 4.74 Å². The zero-order chi connectivity index (χ0) is 16.1. The molecule has 6 heteroatoms. The molecule has 1 fully saturated rings. The lowest BCUT2D eigenvalue weighted by molar-refractivity contribution is 0.102. The molecular weight excluding hydrogens is 314 g/mol. The Kier molecular flexibility index (Phi) is 5.10. The lowest BCUT2D eigenvalue weighted by Crippen LogP contribution is -2.19. The minimum Gasteiger partial charge on any atom is -0.381 e. The van der Waals surface area contributed by atoms with Crippen LogP contribution < -0.4 is 10.6 Å². The minimum absolute atomic E-state index is 0.208. The summed E-state index contributed by atoms with van der Waals surface area (Å²) in [6.07, 6.45) is 5.66. The number of rotatable bonds is 5. The van der Waals surface area contributed by atoms with Gasteiger partial charge in [0.05, 0.1) is 17.4 Å². The van der Waals surface area contributed by atoms with Crippen LogP contribution >= 0.6 is 11.6 Å². The molecule has 1 amide bonds. The number of aromatic nitrogens is 1. The number of hydrogen-bond acceptors (Lipinski definition) is 4. The summed E-state index contributed by atoms with van der Waals surface area (Å²) in [5.41, 5.74) is 2.00. The third-order valence-electron chi connectivity index (χ3n) is 3.66. The van der Waals surface area contributed by atoms with E-state index in [2.05, 4.69) is 15.6 Å². The Morgan fingerprint density at radius 2 is 2.09 bits per heavy atom.